The van der Waals surface area contributed by atoms with Gasteiger partial charge in [0.15, 0.2) is 0 Å². The van der Waals surface area contributed by atoms with Gasteiger partial charge in [0, 0.05) is 34.2 Å². The Labute approximate surface area is 169 Å². The fourth-order valence-corrected chi connectivity index (χ4v) is 3.30. The number of halogens is 1. The minimum Gasteiger partial charge on any atom is -0.493 e. The standard InChI is InChI=1S/C19H18BrN3O5/c1-11(21-19(25)12-3-2-4-14(9-12)23(26)27)18(24)22-16-7-8-28-17-6-5-13(20)10-15(16)17/h2-6,9-11,16H,7-8H2,1H3,(H,21,25)(H,22,24). The van der Waals surface area contributed by atoms with E-state index in [1.165, 1.54) is 24.3 Å². The first-order chi connectivity index (χ1) is 13.3. The number of hydrogen-bond donors (Lipinski definition) is 2. The summed E-state index contributed by atoms with van der Waals surface area (Å²) in [5, 5.41) is 16.3. The van der Waals surface area contributed by atoms with Crippen LogP contribution in [0.2, 0.25) is 0 Å². The molecule has 2 N–H and O–H groups in total. The first-order valence-corrected chi connectivity index (χ1v) is 9.42. The molecule has 1 heterocycles. The highest BCUT2D eigenvalue weighted by Crippen LogP contribution is 2.34. The summed E-state index contributed by atoms with van der Waals surface area (Å²) in [7, 11) is 0. The molecule has 2 unspecified atom stereocenters. The Morgan fingerprint density at radius 3 is 2.82 bits per heavy atom. The molecule has 2 atom stereocenters. The van der Waals surface area contributed by atoms with Gasteiger partial charge in [-0.2, -0.15) is 0 Å². The van der Waals surface area contributed by atoms with Gasteiger partial charge in [-0.1, -0.05) is 22.0 Å². The van der Waals surface area contributed by atoms with E-state index in [1.54, 1.807) is 6.92 Å². The summed E-state index contributed by atoms with van der Waals surface area (Å²) in [4.78, 5) is 35.2. The smallest absolute Gasteiger partial charge is 0.270 e. The second kappa shape index (κ2) is 8.39. The van der Waals surface area contributed by atoms with Crippen molar-refractivity contribution in [1.29, 1.82) is 0 Å². The predicted octanol–water partition coefficient (Wildman–Crippen LogP) is 3.12. The molecule has 0 aromatic heterocycles. The van der Waals surface area contributed by atoms with Crippen molar-refractivity contribution in [2.75, 3.05) is 6.61 Å². The van der Waals surface area contributed by atoms with Crippen molar-refractivity contribution in [2.45, 2.75) is 25.4 Å². The number of ether oxygens (including phenoxy) is 1. The van der Waals surface area contributed by atoms with Gasteiger partial charge in [0.1, 0.15) is 11.8 Å². The number of carbonyl (C=O) groups excluding carboxylic acids is 2. The molecule has 0 bridgehead atoms. The van der Waals surface area contributed by atoms with Gasteiger partial charge in [-0.3, -0.25) is 19.7 Å². The van der Waals surface area contributed by atoms with E-state index in [2.05, 4.69) is 26.6 Å². The molecular weight excluding hydrogens is 430 g/mol. The normalized spacial score (nSPS) is 16.3. The molecule has 2 aromatic rings. The van der Waals surface area contributed by atoms with Crippen molar-refractivity contribution in [2.24, 2.45) is 0 Å². The molecule has 146 valence electrons. The maximum atomic E-state index is 12.6. The van der Waals surface area contributed by atoms with E-state index in [-0.39, 0.29) is 23.2 Å². The number of benzene rings is 2. The lowest BCUT2D eigenvalue weighted by Gasteiger charge is -2.28. The minimum atomic E-state index is -0.815. The summed E-state index contributed by atoms with van der Waals surface area (Å²) in [6.07, 6.45) is 0.612. The highest BCUT2D eigenvalue weighted by molar-refractivity contribution is 9.10. The van der Waals surface area contributed by atoms with Gasteiger partial charge in [-0.15, -0.1) is 0 Å². The van der Waals surface area contributed by atoms with E-state index in [9.17, 15) is 19.7 Å². The lowest BCUT2D eigenvalue weighted by molar-refractivity contribution is -0.384. The van der Waals surface area contributed by atoms with Gasteiger partial charge in [0.25, 0.3) is 11.6 Å². The van der Waals surface area contributed by atoms with Crippen molar-refractivity contribution >= 4 is 33.4 Å². The van der Waals surface area contributed by atoms with Gasteiger partial charge in [-0.05, 0) is 31.2 Å². The maximum absolute atomic E-state index is 12.6. The molecule has 28 heavy (non-hydrogen) atoms. The fraction of sp³-hybridized carbons (Fsp3) is 0.263. The average molecular weight is 448 g/mol. The van der Waals surface area contributed by atoms with Crippen LogP contribution in [-0.2, 0) is 4.79 Å². The first kappa shape index (κ1) is 19.8. The zero-order chi connectivity index (χ0) is 20.3. The molecule has 0 saturated heterocycles. The van der Waals surface area contributed by atoms with E-state index in [0.29, 0.717) is 18.8 Å². The van der Waals surface area contributed by atoms with E-state index in [0.717, 1.165) is 10.0 Å². The molecular formula is C19H18BrN3O5. The predicted molar refractivity (Wildman–Crippen MR) is 105 cm³/mol. The SMILES string of the molecule is CC(NC(=O)c1cccc([N+](=O)[O-])c1)C(=O)NC1CCOc2ccc(Br)cc21. The van der Waals surface area contributed by atoms with Gasteiger partial charge >= 0.3 is 0 Å². The van der Waals surface area contributed by atoms with E-state index >= 15 is 0 Å². The van der Waals surface area contributed by atoms with Crippen LogP contribution in [0.3, 0.4) is 0 Å². The van der Waals surface area contributed by atoms with Crippen LogP contribution in [0.25, 0.3) is 0 Å². The molecule has 9 heteroatoms. The zero-order valence-corrected chi connectivity index (χ0v) is 16.6. The first-order valence-electron chi connectivity index (χ1n) is 8.63. The molecule has 1 aliphatic rings. The van der Waals surface area contributed by atoms with E-state index in [4.69, 9.17) is 4.74 Å². The van der Waals surface area contributed by atoms with Crippen LogP contribution in [0.4, 0.5) is 5.69 Å². The van der Waals surface area contributed by atoms with Crippen LogP contribution in [-0.4, -0.2) is 29.4 Å². The number of carbonyl (C=O) groups is 2. The third-order valence-electron chi connectivity index (χ3n) is 4.39. The van der Waals surface area contributed by atoms with Crippen molar-refractivity contribution in [3.8, 4) is 5.75 Å². The molecule has 0 fully saturated rings. The number of non-ortho nitro benzene ring substituents is 1. The molecule has 2 amide bonds. The van der Waals surface area contributed by atoms with Crippen LogP contribution in [0.1, 0.15) is 35.3 Å². The zero-order valence-electron chi connectivity index (χ0n) is 15.0. The number of amides is 2. The summed E-state index contributed by atoms with van der Waals surface area (Å²) < 4.78 is 6.48. The maximum Gasteiger partial charge on any atom is 0.270 e. The molecule has 1 aliphatic heterocycles. The number of rotatable bonds is 5. The second-order valence-electron chi connectivity index (χ2n) is 6.38. The van der Waals surface area contributed by atoms with Crippen molar-refractivity contribution in [1.82, 2.24) is 10.6 Å². The minimum absolute atomic E-state index is 0.120. The number of fused-ring (bicyclic) bond motifs is 1. The summed E-state index contributed by atoms with van der Waals surface area (Å²) in [6.45, 7) is 2.04. The van der Waals surface area contributed by atoms with Gasteiger partial charge in [-0.25, -0.2) is 0 Å². The highest BCUT2D eigenvalue weighted by atomic mass is 79.9. The highest BCUT2D eigenvalue weighted by Gasteiger charge is 2.26. The third kappa shape index (κ3) is 4.48. The Hall–Kier alpha value is -2.94. The third-order valence-corrected chi connectivity index (χ3v) is 4.88. The van der Waals surface area contributed by atoms with Crippen LogP contribution in [0.5, 0.6) is 5.75 Å². The average Bonchev–Trinajstić information content (AvgIpc) is 2.68. The topological polar surface area (TPSA) is 111 Å². The molecule has 3 rings (SSSR count). The van der Waals surface area contributed by atoms with Crippen LogP contribution in [0.15, 0.2) is 46.9 Å². The Balaban J connectivity index is 1.66. The van der Waals surface area contributed by atoms with E-state index < -0.39 is 16.9 Å². The number of nitrogens with zero attached hydrogens (tertiary/aromatic N) is 1. The van der Waals surface area contributed by atoms with Crippen LogP contribution < -0.4 is 15.4 Å². The summed E-state index contributed by atoms with van der Waals surface area (Å²) in [5.41, 5.74) is 0.800. The molecule has 0 spiro atoms. The van der Waals surface area contributed by atoms with Crippen molar-refractivity contribution in [3.05, 3.63) is 68.2 Å². The Kier molecular flexibility index (Phi) is 5.93. The summed E-state index contributed by atoms with van der Waals surface area (Å²) >= 11 is 3.41. The lowest BCUT2D eigenvalue weighted by Crippen LogP contribution is -2.46. The number of nitro groups is 1. The van der Waals surface area contributed by atoms with Gasteiger partial charge < -0.3 is 15.4 Å². The largest absolute Gasteiger partial charge is 0.493 e. The molecule has 0 saturated carbocycles. The molecule has 8 nitrogen and oxygen atoms in total. The van der Waals surface area contributed by atoms with E-state index in [1.807, 2.05) is 18.2 Å². The second-order valence-corrected chi connectivity index (χ2v) is 7.30. The van der Waals surface area contributed by atoms with Crippen LogP contribution in [0, 0.1) is 10.1 Å². The fourth-order valence-electron chi connectivity index (χ4n) is 2.92. The van der Waals surface area contributed by atoms with Gasteiger partial charge in [0.05, 0.1) is 17.6 Å². The Morgan fingerprint density at radius 2 is 2.07 bits per heavy atom. The van der Waals surface area contributed by atoms with Crippen LogP contribution >= 0.6 is 15.9 Å². The summed E-state index contributed by atoms with van der Waals surface area (Å²) in [6, 6.07) is 9.91. The number of nitrogens with one attached hydrogen (secondary N) is 2. The monoisotopic (exact) mass is 447 g/mol. The van der Waals surface area contributed by atoms with Crippen molar-refractivity contribution in [3.63, 3.8) is 0 Å². The Morgan fingerprint density at radius 1 is 1.29 bits per heavy atom. The molecule has 0 radical (unpaired) electrons. The van der Waals surface area contributed by atoms with Crippen molar-refractivity contribution < 1.29 is 19.2 Å². The summed E-state index contributed by atoms with van der Waals surface area (Å²) in [5.74, 6) is -0.189. The molecule has 2 aromatic carbocycles. The quantitative estimate of drug-likeness (QED) is 0.540. The van der Waals surface area contributed by atoms with Gasteiger partial charge in [0.2, 0.25) is 5.91 Å². The molecule has 0 aliphatic carbocycles. The Bertz CT molecular complexity index is 934. The lowest BCUT2D eigenvalue weighted by atomic mass is 10.0. The number of hydrogen-bond acceptors (Lipinski definition) is 5. The number of nitro benzene ring substituents is 1.